The van der Waals surface area contributed by atoms with Gasteiger partial charge in [-0.1, -0.05) is 72.8 Å². The van der Waals surface area contributed by atoms with Crippen LogP contribution in [0.4, 0.5) is 23.3 Å². The minimum Gasteiger partial charge on any atom is -0.327 e. The third-order valence-electron chi connectivity index (χ3n) is 8.98. The van der Waals surface area contributed by atoms with E-state index in [2.05, 4.69) is 25.3 Å². The molecule has 284 valence electrons. The van der Waals surface area contributed by atoms with Crippen LogP contribution in [-0.4, -0.2) is 78.5 Å². The topological polar surface area (TPSA) is 326 Å². The van der Waals surface area contributed by atoms with Crippen LogP contribution in [0.5, 0.6) is 0 Å². The molecule has 3 aromatic heterocycles. The molecule has 5 heterocycles. The first-order chi connectivity index (χ1) is 26.3. The molecular formula is C32H20N8O12S4. The van der Waals surface area contributed by atoms with Crippen molar-refractivity contribution in [3.05, 3.63) is 94.9 Å². The number of aromatic nitrogens is 3. The van der Waals surface area contributed by atoms with Gasteiger partial charge in [0, 0.05) is 32.7 Å². The van der Waals surface area contributed by atoms with Gasteiger partial charge < -0.3 is 20.3 Å². The molecule has 8 bridgehead atoms. The Hall–Kier alpha value is -6.12. The highest BCUT2D eigenvalue weighted by Gasteiger charge is 2.43. The zero-order valence-corrected chi connectivity index (χ0v) is 30.7. The molecule has 0 unspecified atom stereocenters. The number of fused-ring (bicyclic) bond motifs is 19. The van der Waals surface area contributed by atoms with Gasteiger partial charge in [-0.3, -0.25) is 18.2 Å². The fourth-order valence-corrected chi connectivity index (χ4v) is 11.8. The van der Waals surface area contributed by atoms with E-state index >= 15 is 0 Å². The van der Waals surface area contributed by atoms with E-state index in [0.717, 1.165) is 0 Å². The van der Waals surface area contributed by atoms with E-state index in [0.29, 0.717) is 32.7 Å². The van der Waals surface area contributed by atoms with E-state index in [1.807, 2.05) is 0 Å². The summed E-state index contributed by atoms with van der Waals surface area (Å²) >= 11 is 0. The molecule has 0 spiro atoms. The summed E-state index contributed by atoms with van der Waals surface area (Å²) < 4.78 is 146. The van der Waals surface area contributed by atoms with Gasteiger partial charge in [0.05, 0.1) is 10.8 Å². The number of benzene rings is 4. The van der Waals surface area contributed by atoms with Gasteiger partial charge in [-0.05, 0) is 0 Å². The summed E-state index contributed by atoms with van der Waals surface area (Å²) in [4.78, 5) is 18.9. The number of aromatic amines is 3. The third-order valence-corrected chi connectivity index (χ3v) is 13.1. The van der Waals surface area contributed by atoms with E-state index < -0.39 is 82.5 Å². The molecule has 20 nitrogen and oxygen atoms in total. The third kappa shape index (κ3) is 5.46. The number of rotatable bonds is 4. The van der Waals surface area contributed by atoms with Crippen LogP contribution in [0, 0.1) is 0 Å². The zero-order valence-electron chi connectivity index (χ0n) is 27.4. The Morgan fingerprint density at radius 3 is 1.41 bits per heavy atom. The average molecular weight is 837 g/mol. The largest absolute Gasteiger partial charge is 0.327 e. The number of nitrogens with one attached hydrogen (secondary N) is 4. The van der Waals surface area contributed by atoms with Crippen LogP contribution in [0.1, 0.15) is 11.1 Å². The highest BCUT2D eigenvalue weighted by Crippen LogP contribution is 2.49. The Balaban J connectivity index is 1.57. The van der Waals surface area contributed by atoms with Crippen molar-refractivity contribution in [2.75, 3.05) is 5.32 Å². The van der Waals surface area contributed by atoms with Crippen molar-refractivity contribution >= 4 is 108 Å². The lowest BCUT2D eigenvalue weighted by molar-refractivity contribution is 0.449. The predicted molar refractivity (Wildman–Crippen MR) is 199 cm³/mol. The maximum atomic E-state index is 13.2. The summed E-state index contributed by atoms with van der Waals surface area (Å²) in [5.74, 6) is -0.809. The summed E-state index contributed by atoms with van der Waals surface area (Å²) in [6, 6.07) is 20.2. The number of anilines is 2. The van der Waals surface area contributed by atoms with E-state index in [9.17, 15) is 51.9 Å². The number of H-pyrrole nitrogens is 3. The highest BCUT2D eigenvalue weighted by molar-refractivity contribution is 7.91. The summed E-state index contributed by atoms with van der Waals surface area (Å²) in [5, 5.41) is 2.04. The summed E-state index contributed by atoms with van der Waals surface area (Å²) in [6.45, 7) is 0. The zero-order chi connectivity index (χ0) is 39.7. The molecule has 0 saturated carbocycles. The fraction of sp³-hybridized carbons (Fsp3) is 0. The number of aliphatic imine (C=N–C) groups is 2. The monoisotopic (exact) mass is 836 g/mol. The molecule has 7 aromatic rings. The Labute approximate surface area is 313 Å². The first-order valence-corrected chi connectivity index (χ1v) is 21.4. The van der Waals surface area contributed by atoms with Crippen LogP contribution >= 0.6 is 0 Å². The SMILES string of the molecule is O=S(=O)(O)c1c(S(=O)(=O)O)c(S(=O)(=O)O)c2c3[nH]c(c2c1S(=O)(=O)O)N=c1[nH]c(c2ccccc12)=NC1=NC(=Nc2[nH]c(c4ccccc24)N3)c2ccccc21. The quantitative estimate of drug-likeness (QED) is 0.118. The molecule has 8 N–H and O–H groups in total. The lowest BCUT2D eigenvalue weighted by atomic mass is 10.1. The van der Waals surface area contributed by atoms with Crippen LogP contribution < -0.4 is 16.3 Å². The second-order valence-corrected chi connectivity index (χ2v) is 17.8. The molecule has 0 amide bonds. The molecule has 2 aliphatic rings. The number of nitrogens with zero attached hydrogens (tertiary/aromatic N) is 4. The minimum atomic E-state index is -6.22. The molecule has 24 heteroatoms. The van der Waals surface area contributed by atoms with Crippen LogP contribution in [0.25, 0.3) is 32.3 Å². The Morgan fingerprint density at radius 2 is 0.857 bits per heavy atom. The Morgan fingerprint density at radius 1 is 0.411 bits per heavy atom. The van der Waals surface area contributed by atoms with Crippen molar-refractivity contribution < 1.29 is 51.9 Å². The average Bonchev–Trinajstić information content (AvgIpc) is 3.84. The molecule has 0 saturated heterocycles. The first-order valence-electron chi connectivity index (χ1n) is 15.7. The van der Waals surface area contributed by atoms with Crippen LogP contribution in [0.2, 0.25) is 0 Å². The van der Waals surface area contributed by atoms with Crippen molar-refractivity contribution in [3.8, 4) is 0 Å². The minimum absolute atomic E-state index is 0.0171. The highest BCUT2D eigenvalue weighted by atomic mass is 32.2. The standard InChI is InChI=1S/C32H20N8O12S4/c41-53(42,43)21-19-20(22(54(44,45)46)24(56(50,51)52)23(21)55(47,48)49)32-39-30-18-12-6-4-10-16(18)28(37-30)35-26-14-8-2-1-7-13(14)25(33-26)34-27-15-9-3-5-11-17(15)29(36-27)38-31(19)40-32/h1-12,36,38,40H,(H,41,42,43)(H,44,45,46)(H,47,48,49)(H,50,51,52)(H,33,34,35,37,39). The first kappa shape index (κ1) is 35.6. The number of hydrogen-bond donors (Lipinski definition) is 8. The van der Waals surface area contributed by atoms with Gasteiger partial charge in [-0.15, -0.1) is 0 Å². The normalized spacial score (nSPS) is 14.6. The van der Waals surface area contributed by atoms with E-state index in [1.54, 1.807) is 72.8 Å². The van der Waals surface area contributed by atoms with Gasteiger partial charge in [-0.2, -0.15) is 33.7 Å². The molecule has 0 fully saturated rings. The lowest BCUT2D eigenvalue weighted by Crippen LogP contribution is -2.19. The Bertz CT molecular complexity index is 3620. The summed E-state index contributed by atoms with van der Waals surface area (Å²) in [7, 11) is -24.5. The molecule has 9 rings (SSSR count). The van der Waals surface area contributed by atoms with E-state index in [-0.39, 0.29) is 34.3 Å². The molecule has 4 aromatic carbocycles. The predicted octanol–water partition coefficient (Wildman–Crippen LogP) is 3.28. The molecule has 0 aliphatic carbocycles. The van der Waals surface area contributed by atoms with Crippen molar-refractivity contribution in [2.24, 2.45) is 20.0 Å². The van der Waals surface area contributed by atoms with Crippen LogP contribution in [0.15, 0.2) is 112 Å². The fourth-order valence-electron chi connectivity index (χ4n) is 6.89. The van der Waals surface area contributed by atoms with Gasteiger partial charge in [-0.25, -0.2) is 20.0 Å². The molecule has 2 aliphatic heterocycles. The van der Waals surface area contributed by atoms with Crippen molar-refractivity contribution in [2.45, 2.75) is 19.6 Å². The smallest absolute Gasteiger partial charge is 0.297 e. The van der Waals surface area contributed by atoms with Crippen molar-refractivity contribution in [1.82, 2.24) is 15.0 Å². The maximum Gasteiger partial charge on any atom is 0.297 e. The van der Waals surface area contributed by atoms with Gasteiger partial charge >= 0.3 is 0 Å². The van der Waals surface area contributed by atoms with Gasteiger partial charge in [0.1, 0.15) is 53.8 Å². The second kappa shape index (κ2) is 11.7. The van der Waals surface area contributed by atoms with E-state index in [1.165, 1.54) is 0 Å². The number of hydrogen-bond acceptors (Lipinski definition) is 13. The Kier molecular flexibility index (Phi) is 7.43. The molecule has 0 radical (unpaired) electrons. The summed E-state index contributed by atoms with van der Waals surface area (Å²) in [6.07, 6.45) is 0. The van der Waals surface area contributed by atoms with E-state index in [4.69, 9.17) is 15.0 Å². The second-order valence-electron chi connectivity index (χ2n) is 12.3. The lowest BCUT2D eigenvalue weighted by Gasteiger charge is -2.15. The number of amidine groups is 2. The molecule has 0 atom stereocenters. The maximum absolute atomic E-state index is 13.2. The van der Waals surface area contributed by atoms with Gasteiger partial charge in [0.2, 0.25) is 0 Å². The van der Waals surface area contributed by atoms with Crippen LogP contribution in [0.3, 0.4) is 0 Å². The molecule has 56 heavy (non-hydrogen) atoms. The van der Waals surface area contributed by atoms with Gasteiger partial charge in [0.15, 0.2) is 11.7 Å². The van der Waals surface area contributed by atoms with Gasteiger partial charge in [0.25, 0.3) is 40.5 Å². The van der Waals surface area contributed by atoms with Crippen molar-refractivity contribution in [1.29, 1.82) is 0 Å². The molecular weight excluding hydrogens is 817 g/mol. The van der Waals surface area contributed by atoms with Crippen LogP contribution in [-0.2, 0) is 40.5 Å². The van der Waals surface area contributed by atoms with Crippen molar-refractivity contribution in [3.63, 3.8) is 0 Å². The summed E-state index contributed by atoms with van der Waals surface area (Å²) in [5.41, 5.74) is 1.26.